The molecule has 2 rings (SSSR count). The molecule has 0 bridgehead atoms. The minimum absolute atomic E-state index is 0.0426. The molecule has 0 aromatic heterocycles. The molecule has 18 heavy (non-hydrogen) atoms. The molecule has 1 aliphatic carbocycles. The fourth-order valence-corrected chi connectivity index (χ4v) is 2.53. The third-order valence-corrected chi connectivity index (χ3v) is 3.78. The van der Waals surface area contributed by atoms with Crippen LogP contribution in [-0.2, 0) is 0 Å². The fraction of sp³-hybridized carbons (Fsp3) is 0.571. The predicted molar refractivity (Wildman–Crippen MR) is 66.4 cm³/mol. The van der Waals surface area contributed by atoms with Gasteiger partial charge in [0.15, 0.2) is 11.6 Å². The first kappa shape index (κ1) is 13.3. The van der Waals surface area contributed by atoms with E-state index in [0.29, 0.717) is 13.2 Å². The first-order valence-electron chi connectivity index (χ1n) is 6.43. The standard InChI is InChI=1S/C14H19F2NO/c15-11-4-5-13(12(16)8-11)18-10-14(9-17)6-2-1-3-7-14/h4-5,8H,1-3,6-7,9-10,17H2. The Morgan fingerprint density at radius 1 is 1.17 bits per heavy atom. The topological polar surface area (TPSA) is 35.2 Å². The second-order valence-corrected chi connectivity index (χ2v) is 5.13. The Bertz CT molecular complexity index is 403. The molecule has 0 unspecified atom stereocenters. The summed E-state index contributed by atoms with van der Waals surface area (Å²) in [5.74, 6) is -1.14. The van der Waals surface area contributed by atoms with Crippen LogP contribution < -0.4 is 10.5 Å². The van der Waals surface area contributed by atoms with Crippen LogP contribution in [-0.4, -0.2) is 13.2 Å². The molecule has 1 fully saturated rings. The van der Waals surface area contributed by atoms with Gasteiger partial charge in [-0.2, -0.15) is 0 Å². The average Bonchev–Trinajstić information content (AvgIpc) is 2.39. The molecule has 2 N–H and O–H groups in total. The van der Waals surface area contributed by atoms with Crippen LogP contribution in [0.15, 0.2) is 18.2 Å². The normalized spacial score (nSPS) is 18.6. The maximum absolute atomic E-state index is 13.4. The van der Waals surface area contributed by atoms with E-state index >= 15 is 0 Å². The van der Waals surface area contributed by atoms with Crippen molar-refractivity contribution in [1.29, 1.82) is 0 Å². The zero-order valence-corrected chi connectivity index (χ0v) is 10.4. The lowest BCUT2D eigenvalue weighted by atomic mass is 9.75. The Labute approximate surface area is 106 Å². The van der Waals surface area contributed by atoms with E-state index in [1.165, 1.54) is 18.6 Å². The van der Waals surface area contributed by atoms with Crippen molar-refractivity contribution in [2.75, 3.05) is 13.2 Å². The molecule has 2 nitrogen and oxygen atoms in total. The smallest absolute Gasteiger partial charge is 0.167 e. The van der Waals surface area contributed by atoms with E-state index < -0.39 is 11.6 Å². The van der Waals surface area contributed by atoms with Crippen LogP contribution in [0.5, 0.6) is 5.75 Å². The second kappa shape index (κ2) is 5.65. The number of halogens is 2. The van der Waals surface area contributed by atoms with Crippen molar-refractivity contribution in [3.63, 3.8) is 0 Å². The zero-order valence-electron chi connectivity index (χ0n) is 10.4. The van der Waals surface area contributed by atoms with Crippen LogP contribution in [0.3, 0.4) is 0 Å². The Kier molecular flexibility index (Phi) is 4.17. The third kappa shape index (κ3) is 2.99. The Morgan fingerprint density at radius 2 is 1.89 bits per heavy atom. The number of benzene rings is 1. The summed E-state index contributed by atoms with van der Waals surface area (Å²) in [5, 5.41) is 0. The van der Waals surface area contributed by atoms with Gasteiger partial charge in [-0.1, -0.05) is 19.3 Å². The first-order valence-corrected chi connectivity index (χ1v) is 6.43. The summed E-state index contributed by atoms with van der Waals surface area (Å²) in [6, 6.07) is 3.37. The summed E-state index contributed by atoms with van der Waals surface area (Å²) >= 11 is 0. The van der Waals surface area contributed by atoms with Crippen LogP contribution in [0.2, 0.25) is 0 Å². The summed E-state index contributed by atoms with van der Waals surface area (Å²) in [5.41, 5.74) is 5.79. The van der Waals surface area contributed by atoms with Crippen molar-refractivity contribution >= 4 is 0 Å². The average molecular weight is 255 g/mol. The number of nitrogens with two attached hydrogens (primary N) is 1. The van der Waals surface area contributed by atoms with Crippen molar-refractivity contribution in [2.45, 2.75) is 32.1 Å². The molecule has 0 amide bonds. The highest BCUT2D eigenvalue weighted by atomic mass is 19.1. The van der Waals surface area contributed by atoms with Crippen molar-refractivity contribution in [2.24, 2.45) is 11.1 Å². The largest absolute Gasteiger partial charge is 0.490 e. The van der Waals surface area contributed by atoms with Crippen LogP contribution >= 0.6 is 0 Å². The summed E-state index contributed by atoms with van der Waals surface area (Å²) < 4.78 is 31.7. The lowest BCUT2D eigenvalue weighted by Gasteiger charge is -2.35. The van der Waals surface area contributed by atoms with Crippen LogP contribution in [0.25, 0.3) is 0 Å². The molecule has 1 saturated carbocycles. The zero-order chi connectivity index (χ0) is 13.0. The van der Waals surface area contributed by atoms with E-state index in [1.54, 1.807) is 0 Å². The summed E-state index contributed by atoms with van der Waals surface area (Å²) in [7, 11) is 0. The van der Waals surface area contributed by atoms with Gasteiger partial charge in [-0.25, -0.2) is 8.78 Å². The highest BCUT2D eigenvalue weighted by Gasteiger charge is 2.31. The van der Waals surface area contributed by atoms with E-state index in [2.05, 4.69) is 0 Å². The molecule has 0 aliphatic heterocycles. The molecule has 1 aromatic rings. The van der Waals surface area contributed by atoms with Gasteiger partial charge in [0.2, 0.25) is 0 Å². The van der Waals surface area contributed by atoms with E-state index in [9.17, 15) is 8.78 Å². The Balaban J connectivity index is 2.01. The van der Waals surface area contributed by atoms with Gasteiger partial charge in [0.25, 0.3) is 0 Å². The third-order valence-electron chi connectivity index (χ3n) is 3.78. The van der Waals surface area contributed by atoms with Crippen molar-refractivity contribution in [3.05, 3.63) is 29.8 Å². The van der Waals surface area contributed by atoms with Crippen molar-refractivity contribution in [1.82, 2.24) is 0 Å². The summed E-state index contributed by atoms with van der Waals surface area (Å²) in [6.07, 6.45) is 5.56. The first-order chi connectivity index (χ1) is 8.65. The van der Waals surface area contributed by atoms with Gasteiger partial charge in [0, 0.05) is 18.0 Å². The maximum atomic E-state index is 13.4. The minimum atomic E-state index is -0.655. The molecular weight excluding hydrogens is 236 g/mol. The lowest BCUT2D eigenvalue weighted by molar-refractivity contribution is 0.102. The van der Waals surface area contributed by atoms with Crippen molar-refractivity contribution in [3.8, 4) is 5.75 Å². The Hall–Kier alpha value is -1.16. The van der Waals surface area contributed by atoms with Crippen LogP contribution in [0.1, 0.15) is 32.1 Å². The fourth-order valence-electron chi connectivity index (χ4n) is 2.53. The van der Waals surface area contributed by atoms with Gasteiger partial charge in [0.05, 0.1) is 6.61 Å². The highest BCUT2D eigenvalue weighted by molar-refractivity contribution is 5.24. The van der Waals surface area contributed by atoms with Crippen LogP contribution in [0, 0.1) is 17.0 Å². The second-order valence-electron chi connectivity index (χ2n) is 5.13. The monoisotopic (exact) mass is 255 g/mol. The molecule has 0 spiro atoms. The summed E-state index contributed by atoms with van der Waals surface area (Å²) in [6.45, 7) is 0.960. The molecule has 0 atom stereocenters. The van der Waals surface area contributed by atoms with Crippen molar-refractivity contribution < 1.29 is 13.5 Å². The molecule has 0 heterocycles. The maximum Gasteiger partial charge on any atom is 0.167 e. The van der Waals surface area contributed by atoms with E-state index in [4.69, 9.17) is 10.5 Å². The van der Waals surface area contributed by atoms with E-state index in [0.717, 1.165) is 31.7 Å². The SMILES string of the molecule is NCC1(COc2ccc(F)cc2F)CCCCC1. The summed E-state index contributed by atoms with van der Waals surface area (Å²) in [4.78, 5) is 0. The van der Waals surface area contributed by atoms with Gasteiger partial charge in [-0.15, -0.1) is 0 Å². The van der Waals surface area contributed by atoms with Gasteiger partial charge in [0.1, 0.15) is 5.82 Å². The van der Waals surface area contributed by atoms with E-state index in [1.807, 2.05) is 0 Å². The number of ether oxygens (including phenoxy) is 1. The quantitative estimate of drug-likeness (QED) is 0.896. The molecule has 1 aromatic carbocycles. The number of rotatable bonds is 4. The van der Waals surface area contributed by atoms with Gasteiger partial charge < -0.3 is 10.5 Å². The Morgan fingerprint density at radius 3 is 2.50 bits per heavy atom. The molecule has 0 saturated heterocycles. The lowest BCUT2D eigenvalue weighted by Crippen LogP contribution is -2.38. The molecule has 100 valence electrons. The highest BCUT2D eigenvalue weighted by Crippen LogP contribution is 2.36. The van der Waals surface area contributed by atoms with Crippen LogP contribution in [0.4, 0.5) is 8.78 Å². The number of hydrogen-bond donors (Lipinski definition) is 1. The van der Waals surface area contributed by atoms with Gasteiger partial charge in [-0.3, -0.25) is 0 Å². The predicted octanol–water partition coefficient (Wildman–Crippen LogP) is 3.25. The van der Waals surface area contributed by atoms with Gasteiger partial charge in [-0.05, 0) is 25.0 Å². The molecule has 4 heteroatoms. The molecular formula is C14H19F2NO. The minimum Gasteiger partial charge on any atom is -0.490 e. The van der Waals surface area contributed by atoms with E-state index in [-0.39, 0.29) is 11.2 Å². The number of hydrogen-bond acceptors (Lipinski definition) is 2. The molecule has 1 aliphatic rings. The van der Waals surface area contributed by atoms with Gasteiger partial charge >= 0.3 is 0 Å². The molecule has 0 radical (unpaired) electrons.